The van der Waals surface area contributed by atoms with Crippen LogP contribution >= 0.6 is 0 Å². The van der Waals surface area contributed by atoms with Crippen LogP contribution in [0.2, 0.25) is 0 Å². The lowest BCUT2D eigenvalue weighted by Gasteiger charge is -2.20. The summed E-state index contributed by atoms with van der Waals surface area (Å²) in [5, 5.41) is 0. The zero-order valence-corrected chi connectivity index (χ0v) is 16.0. The molecule has 0 saturated carbocycles. The Morgan fingerprint density at radius 3 is 2.29 bits per heavy atom. The van der Waals surface area contributed by atoms with Crippen molar-refractivity contribution in [2.45, 2.75) is 43.3 Å². The van der Waals surface area contributed by atoms with Gasteiger partial charge >= 0.3 is 6.18 Å². The number of pyridine rings is 1. The first kappa shape index (κ1) is 20.6. The zero-order chi connectivity index (χ0) is 20.4. The molecule has 0 amide bonds. The number of hydrogen-bond donors (Lipinski definition) is 0. The molecule has 1 aliphatic heterocycles. The van der Waals surface area contributed by atoms with Crippen LogP contribution in [0.5, 0.6) is 0 Å². The van der Waals surface area contributed by atoms with Gasteiger partial charge in [0.1, 0.15) is 0 Å². The summed E-state index contributed by atoms with van der Waals surface area (Å²) in [5.41, 5.74) is -1.03. The predicted octanol–water partition coefficient (Wildman–Crippen LogP) is 3.48. The first-order valence-corrected chi connectivity index (χ1v) is 10.5. The van der Waals surface area contributed by atoms with Crippen molar-refractivity contribution in [1.29, 1.82) is 0 Å². The Kier molecular flexibility index (Phi) is 5.95. The Morgan fingerprint density at radius 1 is 0.964 bits per heavy atom. The number of alkyl halides is 3. The number of benzene rings is 1. The standard InChI is InChI=1S/C19H21F3N2O3S/c20-19(21,22)16-7-5-6-15(12-16)13-23-14-17(8-9-18(23)25)28(26,27)24-10-3-1-2-4-11-24/h5-9,12,14H,1-4,10-11,13H2. The van der Waals surface area contributed by atoms with E-state index in [4.69, 9.17) is 0 Å². The van der Waals surface area contributed by atoms with E-state index in [1.54, 1.807) is 0 Å². The predicted molar refractivity (Wildman–Crippen MR) is 98.5 cm³/mol. The van der Waals surface area contributed by atoms with Gasteiger partial charge in [0.25, 0.3) is 5.56 Å². The third-order valence-electron chi connectivity index (χ3n) is 4.77. The van der Waals surface area contributed by atoms with Crippen LogP contribution in [0.15, 0.2) is 52.3 Å². The van der Waals surface area contributed by atoms with Gasteiger partial charge in [-0.15, -0.1) is 0 Å². The Labute approximate surface area is 161 Å². The molecule has 2 aromatic rings. The van der Waals surface area contributed by atoms with Crippen molar-refractivity contribution in [3.05, 3.63) is 64.1 Å². The van der Waals surface area contributed by atoms with Gasteiger partial charge in [0, 0.05) is 25.4 Å². The Bertz CT molecular complexity index is 992. The van der Waals surface area contributed by atoms with E-state index in [-0.39, 0.29) is 17.0 Å². The number of nitrogens with zero attached hydrogens (tertiary/aromatic N) is 2. The van der Waals surface area contributed by atoms with E-state index in [0.29, 0.717) is 13.1 Å². The molecule has 5 nitrogen and oxygen atoms in total. The number of rotatable bonds is 4. The van der Waals surface area contributed by atoms with Gasteiger partial charge in [-0.25, -0.2) is 8.42 Å². The molecule has 1 fully saturated rings. The number of sulfonamides is 1. The second kappa shape index (κ2) is 8.08. The summed E-state index contributed by atoms with van der Waals surface area (Å²) >= 11 is 0. The second-order valence-corrected chi connectivity index (χ2v) is 8.79. The molecule has 0 spiro atoms. The number of halogens is 3. The minimum absolute atomic E-state index is 0.0269. The number of hydrogen-bond acceptors (Lipinski definition) is 3. The summed E-state index contributed by atoms with van der Waals surface area (Å²) in [7, 11) is -3.75. The van der Waals surface area contributed by atoms with Crippen LogP contribution in [-0.2, 0) is 22.7 Å². The minimum Gasteiger partial charge on any atom is -0.310 e. The molecule has 152 valence electrons. The summed E-state index contributed by atoms with van der Waals surface area (Å²) in [6.45, 7) is 0.705. The largest absolute Gasteiger partial charge is 0.416 e. The molecule has 0 unspecified atom stereocenters. The molecule has 2 heterocycles. The fourth-order valence-corrected chi connectivity index (χ4v) is 4.80. The summed E-state index contributed by atoms with van der Waals surface area (Å²) in [6.07, 6.45) is 0.232. The zero-order valence-electron chi connectivity index (χ0n) is 15.2. The molecular weight excluding hydrogens is 393 g/mol. The van der Waals surface area contributed by atoms with E-state index in [2.05, 4.69) is 0 Å². The third kappa shape index (κ3) is 4.64. The summed E-state index contributed by atoms with van der Waals surface area (Å²) < 4.78 is 67.0. The Morgan fingerprint density at radius 2 is 1.64 bits per heavy atom. The molecule has 0 bridgehead atoms. The minimum atomic E-state index is -4.49. The monoisotopic (exact) mass is 414 g/mol. The van der Waals surface area contributed by atoms with Crippen LogP contribution in [0.1, 0.15) is 36.8 Å². The molecule has 1 aromatic heterocycles. The molecule has 0 atom stereocenters. The summed E-state index contributed by atoms with van der Waals surface area (Å²) in [5.74, 6) is 0. The molecule has 1 aliphatic rings. The molecule has 0 aliphatic carbocycles. The molecule has 1 saturated heterocycles. The maximum Gasteiger partial charge on any atom is 0.416 e. The van der Waals surface area contributed by atoms with Crippen LogP contribution < -0.4 is 5.56 Å². The van der Waals surface area contributed by atoms with Crippen LogP contribution in [0.25, 0.3) is 0 Å². The van der Waals surface area contributed by atoms with E-state index in [0.717, 1.165) is 48.4 Å². The van der Waals surface area contributed by atoms with Gasteiger partial charge in [-0.05, 0) is 36.6 Å². The lowest BCUT2D eigenvalue weighted by molar-refractivity contribution is -0.137. The third-order valence-corrected chi connectivity index (χ3v) is 6.65. The SMILES string of the molecule is O=c1ccc(S(=O)(=O)N2CCCCCC2)cn1Cc1cccc(C(F)(F)F)c1. The Balaban J connectivity index is 1.91. The lowest BCUT2D eigenvalue weighted by atomic mass is 10.1. The molecule has 1 aromatic carbocycles. The van der Waals surface area contributed by atoms with Gasteiger partial charge < -0.3 is 4.57 Å². The van der Waals surface area contributed by atoms with Gasteiger partial charge in [0.05, 0.1) is 17.0 Å². The fraction of sp³-hybridized carbons (Fsp3) is 0.421. The van der Waals surface area contributed by atoms with Crippen molar-refractivity contribution in [1.82, 2.24) is 8.87 Å². The van der Waals surface area contributed by atoms with Crippen molar-refractivity contribution in [2.24, 2.45) is 0 Å². The molecule has 9 heteroatoms. The van der Waals surface area contributed by atoms with Crippen molar-refractivity contribution >= 4 is 10.0 Å². The van der Waals surface area contributed by atoms with Gasteiger partial charge in [-0.1, -0.05) is 25.0 Å². The highest BCUT2D eigenvalue weighted by Gasteiger charge is 2.30. The van der Waals surface area contributed by atoms with Gasteiger partial charge in [-0.3, -0.25) is 4.79 Å². The van der Waals surface area contributed by atoms with Gasteiger partial charge in [0.2, 0.25) is 10.0 Å². The van der Waals surface area contributed by atoms with Crippen molar-refractivity contribution in [3.63, 3.8) is 0 Å². The van der Waals surface area contributed by atoms with E-state index >= 15 is 0 Å². The van der Waals surface area contributed by atoms with Crippen molar-refractivity contribution < 1.29 is 21.6 Å². The molecule has 28 heavy (non-hydrogen) atoms. The normalized spacial score (nSPS) is 16.7. The Hall–Kier alpha value is -2.13. The topological polar surface area (TPSA) is 59.4 Å². The van der Waals surface area contributed by atoms with E-state index in [1.807, 2.05) is 0 Å². The smallest absolute Gasteiger partial charge is 0.310 e. The van der Waals surface area contributed by atoms with Crippen molar-refractivity contribution in [3.8, 4) is 0 Å². The van der Waals surface area contributed by atoms with Gasteiger partial charge in [0.15, 0.2) is 0 Å². The van der Waals surface area contributed by atoms with E-state index in [9.17, 15) is 26.4 Å². The van der Waals surface area contributed by atoms with Crippen LogP contribution in [-0.4, -0.2) is 30.4 Å². The molecule has 0 N–H and O–H groups in total. The quantitative estimate of drug-likeness (QED) is 0.770. The molecular formula is C19H21F3N2O3S. The fourth-order valence-electron chi connectivity index (χ4n) is 3.26. The first-order valence-electron chi connectivity index (χ1n) is 9.05. The van der Waals surface area contributed by atoms with E-state index < -0.39 is 27.3 Å². The number of aromatic nitrogens is 1. The van der Waals surface area contributed by atoms with Gasteiger partial charge in [-0.2, -0.15) is 17.5 Å². The average Bonchev–Trinajstić information content (AvgIpc) is 2.93. The highest BCUT2D eigenvalue weighted by atomic mass is 32.2. The maximum atomic E-state index is 12.9. The summed E-state index contributed by atoms with van der Waals surface area (Å²) in [6, 6.07) is 7.04. The van der Waals surface area contributed by atoms with Crippen LogP contribution in [0.4, 0.5) is 13.2 Å². The molecule has 3 rings (SSSR count). The molecule has 0 radical (unpaired) electrons. The summed E-state index contributed by atoms with van der Waals surface area (Å²) in [4.78, 5) is 12.1. The highest BCUT2D eigenvalue weighted by molar-refractivity contribution is 7.89. The van der Waals surface area contributed by atoms with Crippen LogP contribution in [0, 0.1) is 0 Å². The van der Waals surface area contributed by atoms with E-state index in [1.165, 1.54) is 28.7 Å². The van der Waals surface area contributed by atoms with Crippen molar-refractivity contribution in [2.75, 3.05) is 13.1 Å². The average molecular weight is 414 g/mol. The van der Waals surface area contributed by atoms with Crippen LogP contribution in [0.3, 0.4) is 0 Å². The first-order chi connectivity index (χ1) is 13.2. The second-order valence-electron chi connectivity index (χ2n) is 6.85. The maximum absolute atomic E-state index is 12.9. The lowest BCUT2D eigenvalue weighted by Crippen LogP contribution is -2.33. The highest BCUT2D eigenvalue weighted by Crippen LogP contribution is 2.29.